The molecule has 0 heterocycles. The van der Waals surface area contributed by atoms with Gasteiger partial charge in [0, 0.05) is 6.04 Å². The number of carbonyl (C=O) groups is 2. The van der Waals surface area contributed by atoms with Crippen LogP contribution in [0.15, 0.2) is 0 Å². The molecule has 3 atom stereocenters. The van der Waals surface area contributed by atoms with Gasteiger partial charge in [0.05, 0.1) is 11.7 Å². The summed E-state index contributed by atoms with van der Waals surface area (Å²) in [6.45, 7) is 6.23. The minimum atomic E-state index is -3.75. The second-order valence-electron chi connectivity index (χ2n) is 4.53. The molecule has 1 amide bonds. The van der Waals surface area contributed by atoms with Crippen LogP contribution >= 0.6 is 0 Å². The summed E-state index contributed by atoms with van der Waals surface area (Å²) in [5.74, 6) is -3.32. The Hall–Kier alpha value is -1.11. The first-order valence-corrected chi connectivity index (χ1v) is 7.58. The summed E-state index contributed by atoms with van der Waals surface area (Å²) in [5.41, 5.74) is 0. The molecule has 106 valence electrons. The van der Waals surface area contributed by atoms with Gasteiger partial charge in [0.25, 0.3) is 0 Å². The Morgan fingerprint density at radius 1 is 1.22 bits per heavy atom. The molecule has 0 spiro atoms. The van der Waals surface area contributed by atoms with Gasteiger partial charge >= 0.3 is 5.97 Å². The summed E-state index contributed by atoms with van der Waals surface area (Å²) in [6.07, 6.45) is 0.698. The van der Waals surface area contributed by atoms with Gasteiger partial charge in [-0.2, -0.15) is 0 Å². The number of hydrogen-bond donors (Lipinski definition) is 2. The highest BCUT2D eigenvalue weighted by Crippen LogP contribution is 2.09. The highest BCUT2D eigenvalue weighted by Gasteiger charge is 2.31. The van der Waals surface area contributed by atoms with Crippen molar-refractivity contribution >= 4 is 21.7 Å². The van der Waals surface area contributed by atoms with E-state index in [-0.39, 0.29) is 6.04 Å². The summed E-state index contributed by atoms with van der Waals surface area (Å²) < 4.78 is 23.7. The molecule has 0 aliphatic heterocycles. The number of carboxylic acids is 1. The predicted octanol–water partition coefficient (Wildman–Crippen LogP) is 0.425. The molecule has 0 fully saturated rings. The lowest BCUT2D eigenvalue weighted by atomic mass is 10.2. The quantitative estimate of drug-likeness (QED) is 0.703. The van der Waals surface area contributed by atoms with E-state index in [1.54, 1.807) is 6.92 Å². The van der Waals surface area contributed by atoms with Gasteiger partial charge in [0.15, 0.2) is 9.84 Å². The highest BCUT2D eigenvalue weighted by atomic mass is 32.2. The first kappa shape index (κ1) is 16.9. The molecular weight excluding hydrogens is 258 g/mol. The molecule has 2 N–H and O–H groups in total. The Kier molecular flexibility index (Phi) is 6.31. The van der Waals surface area contributed by atoms with E-state index in [0.29, 0.717) is 6.42 Å². The summed E-state index contributed by atoms with van der Waals surface area (Å²) in [5, 5.41) is 10.0. The van der Waals surface area contributed by atoms with Gasteiger partial charge in [-0.1, -0.05) is 13.8 Å². The van der Waals surface area contributed by atoms with Crippen molar-refractivity contribution in [3.05, 3.63) is 0 Å². The zero-order valence-electron chi connectivity index (χ0n) is 11.1. The predicted molar refractivity (Wildman–Crippen MR) is 67.9 cm³/mol. The first-order valence-electron chi connectivity index (χ1n) is 5.86. The number of sulfone groups is 1. The van der Waals surface area contributed by atoms with Crippen molar-refractivity contribution in [2.45, 2.75) is 45.4 Å². The van der Waals surface area contributed by atoms with E-state index in [1.165, 1.54) is 13.8 Å². The van der Waals surface area contributed by atoms with E-state index >= 15 is 0 Å². The standard InChI is InChI=1S/C11H21NO5S/c1-5-8(3)12-10(13)9(4)18(16,17)6-7(2)11(14)15/h7-9H,5-6H2,1-4H3,(H,12,13)(H,14,15). The van der Waals surface area contributed by atoms with Crippen LogP contribution in [0.2, 0.25) is 0 Å². The van der Waals surface area contributed by atoms with Crippen LogP contribution in [0.1, 0.15) is 34.1 Å². The van der Waals surface area contributed by atoms with Crippen molar-refractivity contribution in [2.24, 2.45) is 5.92 Å². The van der Waals surface area contributed by atoms with Crippen molar-refractivity contribution in [3.8, 4) is 0 Å². The lowest BCUT2D eigenvalue weighted by Gasteiger charge is -2.17. The van der Waals surface area contributed by atoms with Crippen molar-refractivity contribution in [2.75, 3.05) is 5.75 Å². The van der Waals surface area contributed by atoms with Gasteiger partial charge in [-0.15, -0.1) is 0 Å². The van der Waals surface area contributed by atoms with Gasteiger partial charge < -0.3 is 10.4 Å². The molecule has 0 aromatic carbocycles. The number of rotatable bonds is 7. The summed E-state index contributed by atoms with van der Waals surface area (Å²) in [6, 6.07) is -0.105. The van der Waals surface area contributed by atoms with Gasteiger partial charge in [-0.25, -0.2) is 8.42 Å². The fourth-order valence-electron chi connectivity index (χ4n) is 1.19. The molecule has 0 aliphatic carbocycles. The molecule has 0 aromatic heterocycles. The summed E-state index contributed by atoms with van der Waals surface area (Å²) >= 11 is 0. The van der Waals surface area contributed by atoms with Crippen LogP contribution in [-0.4, -0.2) is 42.4 Å². The molecule has 0 aliphatic rings. The Labute approximate surface area is 108 Å². The minimum absolute atomic E-state index is 0.105. The highest BCUT2D eigenvalue weighted by molar-refractivity contribution is 7.92. The van der Waals surface area contributed by atoms with Crippen molar-refractivity contribution in [1.82, 2.24) is 5.32 Å². The molecule has 0 saturated heterocycles. The fraction of sp³-hybridized carbons (Fsp3) is 0.818. The maximum Gasteiger partial charge on any atom is 0.307 e. The van der Waals surface area contributed by atoms with Crippen LogP contribution in [0.3, 0.4) is 0 Å². The van der Waals surface area contributed by atoms with Gasteiger partial charge in [0.2, 0.25) is 5.91 Å². The molecule has 18 heavy (non-hydrogen) atoms. The number of aliphatic carboxylic acids is 1. The van der Waals surface area contributed by atoms with Crippen molar-refractivity contribution < 1.29 is 23.1 Å². The fourth-order valence-corrected chi connectivity index (χ4v) is 2.71. The van der Waals surface area contributed by atoms with Crippen LogP contribution in [0.25, 0.3) is 0 Å². The summed E-state index contributed by atoms with van der Waals surface area (Å²) in [4.78, 5) is 22.3. The van der Waals surface area contributed by atoms with Gasteiger partial charge in [-0.05, 0) is 20.3 Å². The number of hydrogen-bond acceptors (Lipinski definition) is 4. The first-order chi connectivity index (χ1) is 8.11. The zero-order chi connectivity index (χ0) is 14.5. The molecule has 0 bridgehead atoms. The second kappa shape index (κ2) is 6.72. The number of carboxylic acid groups (broad SMARTS) is 1. The Bertz CT molecular complexity index is 404. The average molecular weight is 279 g/mol. The third-order valence-corrected chi connectivity index (χ3v) is 5.07. The molecule has 0 radical (unpaired) electrons. The molecule has 0 aromatic rings. The molecule has 7 heteroatoms. The van der Waals surface area contributed by atoms with Crippen LogP contribution < -0.4 is 5.32 Å². The largest absolute Gasteiger partial charge is 0.481 e. The minimum Gasteiger partial charge on any atom is -0.481 e. The third-order valence-electron chi connectivity index (χ3n) is 2.81. The van der Waals surface area contributed by atoms with E-state index in [1.807, 2.05) is 6.92 Å². The van der Waals surface area contributed by atoms with E-state index in [4.69, 9.17) is 5.11 Å². The normalized spacial score (nSPS) is 16.7. The monoisotopic (exact) mass is 279 g/mol. The summed E-state index contributed by atoms with van der Waals surface area (Å²) in [7, 11) is -3.75. The Balaban J connectivity index is 4.70. The lowest BCUT2D eigenvalue weighted by Crippen LogP contribution is -2.43. The van der Waals surface area contributed by atoms with Gasteiger partial charge in [-0.3, -0.25) is 9.59 Å². The maximum absolute atomic E-state index is 11.8. The maximum atomic E-state index is 11.8. The van der Waals surface area contributed by atoms with E-state index in [9.17, 15) is 18.0 Å². The smallest absolute Gasteiger partial charge is 0.307 e. The molecule has 0 saturated carbocycles. The number of carbonyl (C=O) groups excluding carboxylic acids is 1. The van der Waals surface area contributed by atoms with Gasteiger partial charge in [0.1, 0.15) is 5.25 Å². The Morgan fingerprint density at radius 2 is 1.72 bits per heavy atom. The number of nitrogens with one attached hydrogen (secondary N) is 1. The third kappa shape index (κ3) is 5.03. The van der Waals surface area contributed by atoms with E-state index < -0.39 is 38.6 Å². The van der Waals surface area contributed by atoms with E-state index in [2.05, 4.69) is 5.32 Å². The lowest BCUT2D eigenvalue weighted by molar-refractivity contribution is -0.140. The number of amides is 1. The van der Waals surface area contributed by atoms with Crippen molar-refractivity contribution in [3.63, 3.8) is 0 Å². The van der Waals surface area contributed by atoms with Crippen LogP contribution in [0.5, 0.6) is 0 Å². The molecule has 3 unspecified atom stereocenters. The second-order valence-corrected chi connectivity index (χ2v) is 6.90. The average Bonchev–Trinajstić information content (AvgIpc) is 2.26. The zero-order valence-corrected chi connectivity index (χ0v) is 12.0. The topological polar surface area (TPSA) is 101 Å². The molecule has 6 nitrogen and oxygen atoms in total. The van der Waals surface area contributed by atoms with Crippen LogP contribution in [-0.2, 0) is 19.4 Å². The van der Waals surface area contributed by atoms with Crippen LogP contribution in [0, 0.1) is 5.92 Å². The molecule has 0 rings (SSSR count). The van der Waals surface area contributed by atoms with Crippen LogP contribution in [0.4, 0.5) is 0 Å². The molecular formula is C11H21NO5S. The SMILES string of the molecule is CCC(C)NC(=O)C(C)S(=O)(=O)CC(C)C(=O)O. The Morgan fingerprint density at radius 3 is 2.11 bits per heavy atom. The van der Waals surface area contributed by atoms with E-state index in [0.717, 1.165) is 0 Å². The van der Waals surface area contributed by atoms with Crippen molar-refractivity contribution in [1.29, 1.82) is 0 Å².